The van der Waals surface area contributed by atoms with Crippen LogP contribution in [0.25, 0.3) is 0 Å². The summed E-state index contributed by atoms with van der Waals surface area (Å²) in [6.07, 6.45) is 4.48. The highest BCUT2D eigenvalue weighted by Gasteiger charge is 1.91. The van der Waals surface area contributed by atoms with Crippen molar-refractivity contribution in [1.29, 1.82) is 0 Å². The van der Waals surface area contributed by atoms with Gasteiger partial charge < -0.3 is 0 Å². The Labute approximate surface area is 50.6 Å². The zero-order valence-electron chi connectivity index (χ0n) is 5.48. The van der Waals surface area contributed by atoms with Crippen LogP contribution in [-0.2, 0) is 0 Å². The van der Waals surface area contributed by atoms with Gasteiger partial charge in [-0.3, -0.25) is 11.1 Å². The molecule has 2 nitrogen and oxygen atoms in total. The first-order valence-corrected chi connectivity index (χ1v) is 3.14. The van der Waals surface area contributed by atoms with E-state index in [1.807, 2.05) is 0 Å². The standard InChI is InChI=1S/C6H14N2/c1-2-3-4-5-6(7)8/h2-5H2,1H3,(H3,7,8)/p+1. The summed E-state index contributed by atoms with van der Waals surface area (Å²) in [5, 5.41) is 5.23. The molecule has 4 N–H and O–H groups in total. The van der Waals surface area contributed by atoms with Crippen LogP contribution in [0.4, 0.5) is 0 Å². The van der Waals surface area contributed by atoms with Crippen LogP contribution in [-0.4, -0.2) is 5.84 Å². The monoisotopic (exact) mass is 115 g/mol. The normalized spacial score (nSPS) is 9.12. The molecule has 0 radical (unpaired) electrons. The molecular weight excluding hydrogens is 100 g/mol. The van der Waals surface area contributed by atoms with Gasteiger partial charge in [0.1, 0.15) is 0 Å². The van der Waals surface area contributed by atoms with E-state index in [0.29, 0.717) is 5.84 Å². The maximum absolute atomic E-state index is 5.23. The van der Waals surface area contributed by atoms with Crippen molar-refractivity contribution in [3.05, 3.63) is 0 Å². The first-order chi connectivity index (χ1) is 3.77. The summed E-state index contributed by atoms with van der Waals surface area (Å²) in [4.78, 5) is 0. The van der Waals surface area contributed by atoms with E-state index in [1.165, 1.54) is 12.8 Å². The van der Waals surface area contributed by atoms with Crippen molar-refractivity contribution in [2.45, 2.75) is 32.6 Å². The largest absolute Gasteiger partial charge is 0.291 e. The van der Waals surface area contributed by atoms with Gasteiger partial charge in [-0.1, -0.05) is 19.8 Å². The summed E-state index contributed by atoms with van der Waals surface area (Å²) < 4.78 is 0. The summed E-state index contributed by atoms with van der Waals surface area (Å²) in [6.45, 7) is 2.16. The third-order valence-corrected chi connectivity index (χ3v) is 1.07. The Bertz CT molecular complexity index is 68.9. The minimum absolute atomic E-state index is 0.568. The SMILES string of the molecule is CCCCCC(N)=[NH2+]. The molecule has 48 valence electrons. The van der Waals surface area contributed by atoms with E-state index in [0.717, 1.165) is 12.8 Å². The van der Waals surface area contributed by atoms with Crippen molar-refractivity contribution >= 4 is 5.84 Å². The van der Waals surface area contributed by atoms with Gasteiger partial charge in [0.25, 0.3) is 0 Å². The fourth-order valence-corrected chi connectivity index (χ4v) is 0.579. The molecule has 8 heavy (non-hydrogen) atoms. The van der Waals surface area contributed by atoms with Crippen molar-refractivity contribution in [1.82, 2.24) is 0 Å². The molecule has 0 spiro atoms. The maximum atomic E-state index is 5.23. The number of hydrogen-bond acceptors (Lipinski definition) is 0. The van der Waals surface area contributed by atoms with Gasteiger partial charge in [0.2, 0.25) is 5.84 Å². The minimum atomic E-state index is 0.568. The van der Waals surface area contributed by atoms with E-state index in [4.69, 9.17) is 11.1 Å². The molecule has 0 fully saturated rings. The van der Waals surface area contributed by atoms with Gasteiger partial charge in [-0.2, -0.15) is 0 Å². The van der Waals surface area contributed by atoms with Crippen LogP contribution in [0.3, 0.4) is 0 Å². The summed E-state index contributed by atoms with van der Waals surface area (Å²) >= 11 is 0. The molecule has 0 aliphatic carbocycles. The fourth-order valence-electron chi connectivity index (χ4n) is 0.579. The number of rotatable bonds is 4. The maximum Gasteiger partial charge on any atom is 0.238 e. The lowest BCUT2D eigenvalue weighted by Crippen LogP contribution is -2.45. The molecule has 0 aromatic carbocycles. The Balaban J connectivity index is 2.82. The van der Waals surface area contributed by atoms with Crippen LogP contribution < -0.4 is 11.1 Å². The second-order valence-corrected chi connectivity index (χ2v) is 2.03. The molecule has 2 heteroatoms. The van der Waals surface area contributed by atoms with Crippen LogP contribution >= 0.6 is 0 Å². The number of amidine groups is 1. The molecule has 0 aromatic rings. The highest BCUT2D eigenvalue weighted by atomic mass is 14.7. The second kappa shape index (κ2) is 4.62. The van der Waals surface area contributed by atoms with Gasteiger partial charge in [-0.15, -0.1) is 0 Å². The quantitative estimate of drug-likeness (QED) is 0.294. The summed E-state index contributed by atoms with van der Waals surface area (Å²) in [7, 11) is 0. The van der Waals surface area contributed by atoms with Gasteiger partial charge >= 0.3 is 0 Å². The van der Waals surface area contributed by atoms with E-state index < -0.39 is 0 Å². The molecule has 0 bridgehead atoms. The van der Waals surface area contributed by atoms with Crippen LogP contribution in [0, 0.1) is 0 Å². The molecule has 0 saturated heterocycles. The second-order valence-electron chi connectivity index (χ2n) is 2.03. The molecule has 0 amide bonds. The van der Waals surface area contributed by atoms with Gasteiger partial charge in [0.15, 0.2) is 0 Å². The highest BCUT2D eigenvalue weighted by Crippen LogP contribution is 1.95. The summed E-state index contributed by atoms with van der Waals surface area (Å²) in [6, 6.07) is 0. The molecule has 0 unspecified atom stereocenters. The van der Waals surface area contributed by atoms with E-state index >= 15 is 0 Å². The topological polar surface area (TPSA) is 51.6 Å². The summed E-state index contributed by atoms with van der Waals surface area (Å²) in [5.41, 5.74) is 5.23. The van der Waals surface area contributed by atoms with Crippen molar-refractivity contribution < 1.29 is 5.41 Å². The summed E-state index contributed by atoms with van der Waals surface area (Å²) in [5.74, 6) is 0.568. The molecule has 0 rings (SSSR count). The van der Waals surface area contributed by atoms with Crippen LogP contribution in [0.1, 0.15) is 32.6 Å². The van der Waals surface area contributed by atoms with E-state index in [1.54, 1.807) is 0 Å². The Morgan fingerprint density at radius 1 is 1.50 bits per heavy atom. The number of hydrogen-bond donors (Lipinski definition) is 2. The van der Waals surface area contributed by atoms with Crippen molar-refractivity contribution in [2.75, 3.05) is 0 Å². The number of unbranched alkanes of at least 4 members (excludes halogenated alkanes) is 2. The smallest absolute Gasteiger partial charge is 0.238 e. The highest BCUT2D eigenvalue weighted by molar-refractivity contribution is 5.73. The van der Waals surface area contributed by atoms with Gasteiger partial charge in [-0.25, -0.2) is 0 Å². The predicted molar refractivity (Wildman–Crippen MR) is 35.3 cm³/mol. The van der Waals surface area contributed by atoms with Gasteiger partial charge in [0, 0.05) is 6.42 Å². The van der Waals surface area contributed by atoms with E-state index in [2.05, 4.69) is 6.92 Å². The van der Waals surface area contributed by atoms with E-state index in [-0.39, 0.29) is 0 Å². The lowest BCUT2D eigenvalue weighted by molar-refractivity contribution is -0.118. The molecule has 0 aliphatic heterocycles. The molecule has 0 heterocycles. The van der Waals surface area contributed by atoms with Crippen LogP contribution in [0.5, 0.6) is 0 Å². The van der Waals surface area contributed by atoms with Crippen molar-refractivity contribution in [2.24, 2.45) is 5.73 Å². The zero-order valence-corrected chi connectivity index (χ0v) is 5.48. The van der Waals surface area contributed by atoms with E-state index in [9.17, 15) is 0 Å². The fraction of sp³-hybridized carbons (Fsp3) is 0.833. The Morgan fingerprint density at radius 3 is 2.50 bits per heavy atom. The van der Waals surface area contributed by atoms with Crippen LogP contribution in [0.15, 0.2) is 0 Å². The Hall–Kier alpha value is -0.530. The lowest BCUT2D eigenvalue weighted by Gasteiger charge is -1.89. The van der Waals surface area contributed by atoms with Crippen molar-refractivity contribution in [3.63, 3.8) is 0 Å². The predicted octanol–water partition coefficient (Wildman–Crippen LogP) is -0.317. The molecule has 0 aliphatic rings. The number of nitrogens with two attached hydrogens (primary N) is 2. The molecular formula is C6H15N2+. The Kier molecular flexibility index (Phi) is 4.32. The van der Waals surface area contributed by atoms with Crippen LogP contribution in [0.2, 0.25) is 0 Å². The average molecular weight is 115 g/mol. The first-order valence-electron chi connectivity index (χ1n) is 3.14. The molecule has 0 saturated carbocycles. The minimum Gasteiger partial charge on any atom is -0.291 e. The lowest BCUT2D eigenvalue weighted by atomic mass is 10.2. The third-order valence-electron chi connectivity index (χ3n) is 1.07. The Morgan fingerprint density at radius 2 is 2.12 bits per heavy atom. The zero-order chi connectivity index (χ0) is 6.41. The molecule has 0 atom stereocenters. The third kappa shape index (κ3) is 5.47. The van der Waals surface area contributed by atoms with Gasteiger partial charge in [0.05, 0.1) is 0 Å². The first kappa shape index (κ1) is 7.47. The van der Waals surface area contributed by atoms with Gasteiger partial charge in [-0.05, 0) is 6.42 Å². The van der Waals surface area contributed by atoms with Crippen molar-refractivity contribution in [3.8, 4) is 0 Å². The molecule has 0 aromatic heterocycles. The average Bonchev–Trinajstić information content (AvgIpc) is 1.66.